The molecule has 116 valence electrons. The van der Waals surface area contributed by atoms with Crippen molar-refractivity contribution < 1.29 is 9.90 Å². The lowest BCUT2D eigenvalue weighted by atomic mass is 10.1. The first-order valence-electron chi connectivity index (χ1n) is 6.77. The topological polar surface area (TPSA) is 61.4 Å². The minimum Gasteiger partial charge on any atom is -0.392 e. The number of aliphatic hydroxyl groups is 1. The van der Waals surface area contributed by atoms with Gasteiger partial charge in [-0.2, -0.15) is 0 Å². The molecule has 0 aromatic heterocycles. The van der Waals surface area contributed by atoms with Crippen LogP contribution in [0.1, 0.15) is 11.1 Å². The van der Waals surface area contributed by atoms with Crippen LogP contribution in [0.15, 0.2) is 42.5 Å². The minimum atomic E-state index is -0.337. The quantitative estimate of drug-likeness (QED) is 0.775. The number of carbonyl (C=O) groups is 1. The van der Waals surface area contributed by atoms with E-state index in [2.05, 4.69) is 10.6 Å². The van der Waals surface area contributed by atoms with E-state index in [1.165, 1.54) is 0 Å². The van der Waals surface area contributed by atoms with Gasteiger partial charge in [0.2, 0.25) is 0 Å². The van der Waals surface area contributed by atoms with Crippen molar-refractivity contribution in [1.82, 2.24) is 5.32 Å². The fourth-order valence-electron chi connectivity index (χ4n) is 1.90. The molecular formula is C16H16Cl2N2O2. The van der Waals surface area contributed by atoms with Crippen LogP contribution < -0.4 is 10.6 Å². The van der Waals surface area contributed by atoms with Crippen molar-refractivity contribution >= 4 is 34.9 Å². The summed E-state index contributed by atoms with van der Waals surface area (Å²) in [6.45, 7) is 0.518. The van der Waals surface area contributed by atoms with Gasteiger partial charge >= 0.3 is 6.03 Å². The van der Waals surface area contributed by atoms with Crippen molar-refractivity contribution in [3.05, 3.63) is 63.6 Å². The Labute approximate surface area is 139 Å². The number of hydrogen-bond acceptors (Lipinski definition) is 2. The van der Waals surface area contributed by atoms with E-state index in [9.17, 15) is 4.79 Å². The van der Waals surface area contributed by atoms with Crippen molar-refractivity contribution in [2.24, 2.45) is 0 Å². The van der Waals surface area contributed by atoms with Crippen LogP contribution in [-0.2, 0) is 13.0 Å². The summed E-state index contributed by atoms with van der Waals surface area (Å²) in [7, 11) is 0. The summed E-state index contributed by atoms with van der Waals surface area (Å²) in [6.07, 6.45) is 0.697. The van der Waals surface area contributed by atoms with Crippen molar-refractivity contribution in [2.45, 2.75) is 13.0 Å². The van der Waals surface area contributed by atoms with Crippen LogP contribution in [0.2, 0.25) is 10.0 Å². The third kappa shape index (κ3) is 4.63. The van der Waals surface area contributed by atoms with Crippen LogP contribution in [0.5, 0.6) is 0 Å². The highest BCUT2D eigenvalue weighted by atomic mass is 35.5. The van der Waals surface area contributed by atoms with E-state index < -0.39 is 0 Å². The molecule has 0 aliphatic carbocycles. The molecular weight excluding hydrogens is 323 g/mol. The molecule has 0 saturated carbocycles. The van der Waals surface area contributed by atoms with Gasteiger partial charge in [-0.1, -0.05) is 53.5 Å². The Balaban J connectivity index is 1.81. The molecule has 0 atom stereocenters. The highest BCUT2D eigenvalue weighted by Crippen LogP contribution is 2.29. The second-order valence-corrected chi connectivity index (χ2v) is 5.49. The molecule has 0 aliphatic heterocycles. The molecule has 0 unspecified atom stereocenters. The number of hydrogen-bond donors (Lipinski definition) is 3. The van der Waals surface area contributed by atoms with Crippen LogP contribution in [-0.4, -0.2) is 17.7 Å². The zero-order valence-corrected chi connectivity index (χ0v) is 13.3. The summed E-state index contributed by atoms with van der Waals surface area (Å²) in [6, 6.07) is 12.3. The van der Waals surface area contributed by atoms with Crippen LogP contribution in [0.3, 0.4) is 0 Å². The van der Waals surface area contributed by atoms with Crippen molar-refractivity contribution in [3.63, 3.8) is 0 Å². The van der Waals surface area contributed by atoms with Crippen molar-refractivity contribution in [1.29, 1.82) is 0 Å². The highest BCUT2D eigenvalue weighted by Gasteiger charge is 2.07. The lowest BCUT2D eigenvalue weighted by molar-refractivity contribution is 0.252. The minimum absolute atomic E-state index is 0.0291. The number of aliphatic hydroxyl groups excluding tert-OH is 1. The van der Waals surface area contributed by atoms with E-state index in [1.54, 1.807) is 18.2 Å². The zero-order chi connectivity index (χ0) is 15.9. The first-order valence-corrected chi connectivity index (χ1v) is 7.53. The van der Waals surface area contributed by atoms with E-state index >= 15 is 0 Å². The molecule has 6 heteroatoms. The number of anilines is 1. The average Bonchev–Trinajstić information content (AvgIpc) is 2.52. The second kappa shape index (κ2) is 8.03. The molecule has 0 heterocycles. The predicted octanol–water partition coefficient (Wildman–Crippen LogP) is 3.85. The van der Waals surface area contributed by atoms with Crippen molar-refractivity contribution in [2.75, 3.05) is 11.9 Å². The van der Waals surface area contributed by atoms with E-state index in [1.807, 2.05) is 24.3 Å². The maximum Gasteiger partial charge on any atom is 0.319 e. The summed E-state index contributed by atoms with van der Waals surface area (Å²) < 4.78 is 0. The van der Waals surface area contributed by atoms with E-state index in [4.69, 9.17) is 28.3 Å². The first-order chi connectivity index (χ1) is 10.6. The third-order valence-corrected chi connectivity index (χ3v) is 3.92. The van der Waals surface area contributed by atoms with Gasteiger partial charge in [-0.05, 0) is 29.7 Å². The largest absolute Gasteiger partial charge is 0.392 e. The maximum absolute atomic E-state index is 11.8. The van der Waals surface area contributed by atoms with Crippen LogP contribution in [0.4, 0.5) is 10.5 Å². The van der Waals surface area contributed by atoms with Crippen LogP contribution in [0.25, 0.3) is 0 Å². The zero-order valence-electron chi connectivity index (χ0n) is 11.8. The van der Waals surface area contributed by atoms with Gasteiger partial charge in [0.15, 0.2) is 0 Å². The fourth-order valence-corrected chi connectivity index (χ4v) is 2.25. The Morgan fingerprint density at radius 2 is 1.73 bits per heavy atom. The standard InChI is InChI=1S/C16H16Cl2N2O2/c17-13-2-1-3-14(15(13)18)20-16(22)19-9-8-11-4-6-12(10-21)7-5-11/h1-7,21H,8-10H2,(H2,19,20,22). The number of benzene rings is 2. The normalized spacial score (nSPS) is 10.3. The van der Waals surface area contributed by atoms with E-state index in [0.717, 1.165) is 11.1 Å². The molecule has 0 saturated heterocycles. The Kier molecular flexibility index (Phi) is 6.07. The van der Waals surface area contributed by atoms with Gasteiger partial charge in [-0.15, -0.1) is 0 Å². The number of nitrogens with one attached hydrogen (secondary N) is 2. The third-order valence-electron chi connectivity index (χ3n) is 3.10. The summed E-state index contributed by atoms with van der Waals surface area (Å²) in [4.78, 5) is 11.8. The van der Waals surface area contributed by atoms with Gasteiger partial charge in [0, 0.05) is 6.54 Å². The Morgan fingerprint density at radius 3 is 2.41 bits per heavy atom. The molecule has 2 aromatic carbocycles. The number of carbonyl (C=O) groups excluding carboxylic acids is 1. The maximum atomic E-state index is 11.8. The molecule has 0 bridgehead atoms. The number of amides is 2. The van der Waals surface area contributed by atoms with Gasteiger partial charge in [-0.25, -0.2) is 4.79 Å². The molecule has 2 amide bonds. The number of urea groups is 1. The number of rotatable bonds is 5. The molecule has 0 spiro atoms. The summed E-state index contributed by atoms with van der Waals surface area (Å²) in [5.74, 6) is 0. The first kappa shape index (κ1) is 16.6. The van der Waals surface area contributed by atoms with E-state index in [0.29, 0.717) is 28.7 Å². The smallest absolute Gasteiger partial charge is 0.319 e. The molecule has 2 aromatic rings. The molecule has 2 rings (SSSR count). The fraction of sp³-hybridized carbons (Fsp3) is 0.188. The van der Waals surface area contributed by atoms with Gasteiger partial charge in [0.25, 0.3) is 0 Å². The van der Waals surface area contributed by atoms with Gasteiger partial charge in [0.1, 0.15) is 0 Å². The van der Waals surface area contributed by atoms with E-state index in [-0.39, 0.29) is 12.6 Å². The molecule has 4 nitrogen and oxygen atoms in total. The SMILES string of the molecule is O=C(NCCc1ccc(CO)cc1)Nc1cccc(Cl)c1Cl. The molecule has 0 radical (unpaired) electrons. The molecule has 22 heavy (non-hydrogen) atoms. The Morgan fingerprint density at radius 1 is 1.05 bits per heavy atom. The van der Waals surface area contributed by atoms with Crippen LogP contribution >= 0.6 is 23.2 Å². The van der Waals surface area contributed by atoms with Gasteiger partial charge in [0.05, 0.1) is 22.3 Å². The van der Waals surface area contributed by atoms with Crippen molar-refractivity contribution in [3.8, 4) is 0 Å². The summed E-state index contributed by atoms with van der Waals surface area (Å²) in [5, 5.41) is 15.1. The van der Waals surface area contributed by atoms with Gasteiger partial charge in [-0.3, -0.25) is 0 Å². The summed E-state index contributed by atoms with van der Waals surface area (Å²) in [5.41, 5.74) is 2.42. The number of halogens is 2. The Hall–Kier alpha value is -1.75. The Bertz CT molecular complexity index is 645. The predicted molar refractivity (Wildman–Crippen MR) is 89.6 cm³/mol. The average molecular weight is 339 g/mol. The van der Waals surface area contributed by atoms with Gasteiger partial charge < -0.3 is 15.7 Å². The monoisotopic (exact) mass is 338 g/mol. The molecule has 0 fully saturated rings. The lowest BCUT2D eigenvalue weighted by Crippen LogP contribution is -2.30. The summed E-state index contributed by atoms with van der Waals surface area (Å²) >= 11 is 11.9. The second-order valence-electron chi connectivity index (χ2n) is 4.71. The van der Waals surface area contributed by atoms with Crippen LogP contribution in [0, 0.1) is 0 Å². The highest BCUT2D eigenvalue weighted by molar-refractivity contribution is 6.43. The molecule has 0 aliphatic rings. The molecule has 3 N–H and O–H groups in total. The lowest BCUT2D eigenvalue weighted by Gasteiger charge is -2.10.